The summed E-state index contributed by atoms with van der Waals surface area (Å²) in [6.45, 7) is 6.36. The van der Waals surface area contributed by atoms with Crippen molar-refractivity contribution in [2.75, 3.05) is 45.9 Å². The van der Waals surface area contributed by atoms with Crippen LogP contribution >= 0.6 is 0 Å². The van der Waals surface area contributed by atoms with Crippen molar-refractivity contribution in [3.8, 4) is 0 Å². The maximum atomic E-state index is 13.0. The molecule has 1 amide bonds. The van der Waals surface area contributed by atoms with Crippen molar-refractivity contribution in [1.82, 2.24) is 9.80 Å². The van der Waals surface area contributed by atoms with Crippen molar-refractivity contribution in [1.29, 1.82) is 0 Å². The molecule has 8 nitrogen and oxygen atoms in total. The third kappa shape index (κ3) is 31.4. The summed E-state index contributed by atoms with van der Waals surface area (Å²) >= 11 is 0. The molecule has 304 valence electrons. The molecule has 1 rings (SSSR count). The number of unbranched alkanes of at least 4 members (excludes halogenated alkanes) is 16. The molecule has 0 bridgehead atoms. The van der Waals surface area contributed by atoms with Crippen molar-refractivity contribution in [3.63, 3.8) is 0 Å². The molecule has 53 heavy (non-hydrogen) atoms. The van der Waals surface area contributed by atoms with Crippen molar-refractivity contribution in [2.45, 2.75) is 174 Å². The van der Waals surface area contributed by atoms with Crippen LogP contribution in [-0.2, 0) is 23.9 Å². The number of carbonyl (C=O) groups excluding carboxylic acids is 3. The zero-order valence-corrected chi connectivity index (χ0v) is 34.0. The Morgan fingerprint density at radius 1 is 0.566 bits per heavy atom. The molecule has 1 aliphatic rings. The van der Waals surface area contributed by atoms with Gasteiger partial charge in [-0.2, -0.15) is 0 Å². The van der Waals surface area contributed by atoms with Crippen LogP contribution in [0.1, 0.15) is 168 Å². The molecule has 1 fully saturated rings. The summed E-state index contributed by atoms with van der Waals surface area (Å²) in [5.41, 5.74) is 0. The number of ether oxygens (including phenoxy) is 2. The molecule has 0 aromatic carbocycles. The number of aliphatic hydroxyl groups excluding tert-OH is 1. The average Bonchev–Trinajstić information content (AvgIpc) is 3.13. The number of rotatable bonds is 36. The fourth-order valence-electron chi connectivity index (χ4n) is 6.17. The number of β-amino-alcohol motifs (C(OH)–C–C–N with tert-alkyl or cyclic N) is 1. The lowest BCUT2D eigenvalue weighted by Crippen LogP contribution is -2.54. The summed E-state index contributed by atoms with van der Waals surface area (Å²) in [4.78, 5) is 41.1. The fraction of sp³-hybridized carbons (Fsp3) is 0.756. The molecule has 0 radical (unpaired) electrons. The highest BCUT2D eigenvalue weighted by Crippen LogP contribution is 2.11. The van der Waals surface area contributed by atoms with Gasteiger partial charge in [-0.1, -0.05) is 127 Å². The molecular weight excluding hydrogens is 665 g/mol. The summed E-state index contributed by atoms with van der Waals surface area (Å²) in [6, 6.07) is 0. The topological polar surface area (TPSA) is 96.4 Å². The lowest BCUT2D eigenvalue weighted by Gasteiger charge is -2.36. The van der Waals surface area contributed by atoms with Gasteiger partial charge in [0, 0.05) is 25.9 Å². The van der Waals surface area contributed by atoms with Crippen molar-refractivity contribution in [2.24, 2.45) is 0 Å². The number of likely N-dealkylation sites (tertiary alicyclic amines) is 1. The maximum absolute atomic E-state index is 13.0. The molecule has 8 heteroatoms. The Labute approximate surface area is 324 Å². The van der Waals surface area contributed by atoms with Gasteiger partial charge in [-0.15, -0.1) is 0 Å². The van der Waals surface area contributed by atoms with Gasteiger partial charge in [0.25, 0.3) is 0 Å². The minimum absolute atomic E-state index is 0.118. The van der Waals surface area contributed by atoms with Gasteiger partial charge in [-0.25, -0.2) is 0 Å². The minimum Gasteiger partial charge on any atom is -0.464 e. The van der Waals surface area contributed by atoms with E-state index in [0.29, 0.717) is 25.9 Å². The van der Waals surface area contributed by atoms with Crippen molar-refractivity contribution < 1.29 is 29.0 Å². The zero-order valence-electron chi connectivity index (χ0n) is 34.0. The Morgan fingerprint density at radius 3 is 1.34 bits per heavy atom. The van der Waals surface area contributed by atoms with E-state index < -0.39 is 0 Å². The summed E-state index contributed by atoms with van der Waals surface area (Å²) in [5, 5.41) is 9.59. The molecule has 0 aromatic heterocycles. The first kappa shape index (κ1) is 48.3. The van der Waals surface area contributed by atoms with Crippen molar-refractivity contribution >= 4 is 17.8 Å². The standard InChI is InChI=1S/C45H78N2O6/c1-3-5-7-9-11-13-15-17-19-21-23-25-27-29-31-33-44(50)52-37-35-47(43(49)41-46-39-42(48)40-46)36-38-53-45(51)34-32-30-28-26-24-22-20-18-16-14-12-10-8-6-4-2/h11-14,17-20,42,48H,3-10,15-16,21-41H2,1-2H3/b13-11-,14-12-,19-17-,20-18-. The van der Waals surface area contributed by atoms with Crippen LogP contribution in [0, 0.1) is 0 Å². The zero-order chi connectivity index (χ0) is 38.5. The number of aliphatic hydroxyl groups is 1. The van der Waals surface area contributed by atoms with E-state index in [-0.39, 0.29) is 56.8 Å². The molecule has 1 heterocycles. The summed E-state index contributed by atoms with van der Waals surface area (Å²) in [5.74, 6) is -0.595. The van der Waals surface area contributed by atoms with Gasteiger partial charge >= 0.3 is 11.9 Å². The monoisotopic (exact) mass is 743 g/mol. The molecule has 1 saturated heterocycles. The molecule has 0 atom stereocenters. The number of nitrogens with zero attached hydrogens (tertiary/aromatic N) is 2. The average molecular weight is 743 g/mol. The summed E-state index contributed by atoms with van der Waals surface area (Å²) in [7, 11) is 0. The SMILES string of the molecule is CCCCC/C=C\C/C=C\CCCCCCCC(=O)OCCN(CCOC(=O)CCCCCCC/C=C\C/C=C\CCCCC)C(=O)CN1CC(O)C1. The van der Waals surface area contributed by atoms with E-state index >= 15 is 0 Å². The second-order valence-electron chi connectivity index (χ2n) is 14.6. The number of hydrogen-bond donors (Lipinski definition) is 1. The van der Waals surface area contributed by atoms with Crippen LogP contribution in [0.2, 0.25) is 0 Å². The van der Waals surface area contributed by atoms with Crippen LogP contribution in [0.5, 0.6) is 0 Å². The third-order valence-electron chi connectivity index (χ3n) is 9.56. The highest BCUT2D eigenvalue weighted by Gasteiger charge is 2.28. The van der Waals surface area contributed by atoms with E-state index in [2.05, 4.69) is 62.5 Å². The third-order valence-corrected chi connectivity index (χ3v) is 9.56. The Bertz CT molecular complexity index is 952. The van der Waals surface area contributed by atoms with Crippen LogP contribution in [0.15, 0.2) is 48.6 Å². The van der Waals surface area contributed by atoms with Gasteiger partial charge < -0.3 is 19.5 Å². The number of hydrogen-bond acceptors (Lipinski definition) is 7. The van der Waals surface area contributed by atoms with E-state index in [9.17, 15) is 19.5 Å². The van der Waals surface area contributed by atoms with Crippen LogP contribution in [0.3, 0.4) is 0 Å². The normalized spacial score (nSPS) is 13.9. The first-order chi connectivity index (χ1) is 26.0. The Morgan fingerprint density at radius 2 is 0.943 bits per heavy atom. The van der Waals surface area contributed by atoms with E-state index in [1.54, 1.807) is 4.90 Å². The van der Waals surface area contributed by atoms with Crippen LogP contribution in [0.25, 0.3) is 0 Å². The molecular formula is C45H78N2O6. The van der Waals surface area contributed by atoms with Gasteiger partial charge in [0.05, 0.1) is 25.7 Å². The van der Waals surface area contributed by atoms with Crippen LogP contribution in [0.4, 0.5) is 0 Å². The van der Waals surface area contributed by atoms with Gasteiger partial charge in [0.2, 0.25) is 5.91 Å². The quantitative estimate of drug-likeness (QED) is 0.0388. The first-order valence-corrected chi connectivity index (χ1v) is 21.6. The molecule has 0 spiro atoms. The fourth-order valence-corrected chi connectivity index (χ4v) is 6.17. The van der Waals surface area contributed by atoms with Gasteiger partial charge in [-0.05, 0) is 77.0 Å². The van der Waals surface area contributed by atoms with Crippen molar-refractivity contribution in [3.05, 3.63) is 48.6 Å². The molecule has 0 aromatic rings. The second-order valence-corrected chi connectivity index (χ2v) is 14.6. The predicted molar refractivity (Wildman–Crippen MR) is 220 cm³/mol. The smallest absolute Gasteiger partial charge is 0.305 e. The predicted octanol–water partition coefficient (Wildman–Crippen LogP) is 10.2. The van der Waals surface area contributed by atoms with E-state index in [1.165, 1.54) is 64.2 Å². The highest BCUT2D eigenvalue weighted by atomic mass is 16.5. The van der Waals surface area contributed by atoms with E-state index in [4.69, 9.17) is 9.47 Å². The number of esters is 2. The molecule has 0 unspecified atom stereocenters. The lowest BCUT2D eigenvalue weighted by molar-refractivity contribution is -0.148. The largest absolute Gasteiger partial charge is 0.464 e. The summed E-state index contributed by atoms with van der Waals surface area (Å²) < 4.78 is 10.9. The maximum Gasteiger partial charge on any atom is 0.305 e. The Balaban J connectivity index is 2.15. The first-order valence-electron chi connectivity index (χ1n) is 21.6. The molecule has 0 aliphatic carbocycles. The molecule has 1 N–H and O–H groups in total. The van der Waals surface area contributed by atoms with E-state index in [1.807, 2.05) is 4.90 Å². The number of amides is 1. The van der Waals surface area contributed by atoms with Gasteiger partial charge in [0.1, 0.15) is 13.2 Å². The molecule has 1 aliphatic heterocycles. The summed E-state index contributed by atoms with van der Waals surface area (Å²) in [6.07, 6.45) is 43.5. The van der Waals surface area contributed by atoms with Crippen LogP contribution < -0.4 is 0 Å². The lowest BCUT2D eigenvalue weighted by atomic mass is 10.1. The number of allylic oxidation sites excluding steroid dienone is 8. The van der Waals surface area contributed by atoms with Gasteiger partial charge in [0.15, 0.2) is 0 Å². The van der Waals surface area contributed by atoms with E-state index in [0.717, 1.165) is 77.0 Å². The Hall–Kier alpha value is -2.71. The minimum atomic E-state index is -0.387. The molecule has 0 saturated carbocycles. The second kappa shape index (κ2) is 36.3. The Kier molecular flexibility index (Phi) is 33.1. The van der Waals surface area contributed by atoms with Gasteiger partial charge in [-0.3, -0.25) is 19.3 Å². The number of carbonyl (C=O) groups is 3. The highest BCUT2D eigenvalue weighted by molar-refractivity contribution is 5.78. The van der Waals surface area contributed by atoms with Crippen LogP contribution in [-0.4, -0.2) is 84.8 Å².